The van der Waals surface area contributed by atoms with Crippen molar-refractivity contribution in [2.24, 2.45) is 21.8 Å². The number of anilines is 1. The second kappa shape index (κ2) is 11.0. The maximum absolute atomic E-state index is 15.0. The van der Waals surface area contributed by atoms with Crippen LogP contribution in [0, 0.1) is 17.6 Å². The number of pyridine rings is 1. The van der Waals surface area contributed by atoms with E-state index in [9.17, 15) is 9.18 Å². The topological polar surface area (TPSA) is 144 Å². The van der Waals surface area contributed by atoms with Gasteiger partial charge in [-0.3, -0.25) is 5.32 Å². The van der Waals surface area contributed by atoms with Gasteiger partial charge in [0.05, 0.1) is 38.6 Å². The molecular formula is C24H28F2N6O5. The molecule has 2 aliphatic rings. The van der Waals surface area contributed by atoms with Crippen molar-refractivity contribution < 1.29 is 33.0 Å². The van der Waals surface area contributed by atoms with E-state index in [1.807, 2.05) is 19.2 Å². The molecule has 0 aliphatic carbocycles. The normalized spacial score (nSPS) is 17.8. The Morgan fingerprint density at radius 2 is 2.05 bits per heavy atom. The Morgan fingerprint density at radius 1 is 1.32 bits per heavy atom. The number of guanidine groups is 1. The fraction of sp³-hybridized carbons (Fsp3) is 0.417. The van der Waals surface area contributed by atoms with Gasteiger partial charge in [0.2, 0.25) is 0 Å². The molecule has 0 radical (unpaired) electrons. The quantitative estimate of drug-likeness (QED) is 0.288. The number of rotatable bonds is 7. The number of carboxylic acid groups (broad SMARTS) is 1. The number of benzene rings is 1. The number of hydrogen-bond acceptors (Lipinski definition) is 8. The van der Waals surface area contributed by atoms with E-state index < -0.39 is 23.5 Å². The minimum Gasteiger partial charge on any atom is -0.465 e. The van der Waals surface area contributed by atoms with Gasteiger partial charge in [0.15, 0.2) is 23.4 Å². The molecule has 198 valence electrons. The number of ether oxygens (including phenoxy) is 2. The van der Waals surface area contributed by atoms with Crippen LogP contribution < -0.4 is 16.0 Å². The number of hydrogen-bond donors (Lipinski definition) is 3. The van der Waals surface area contributed by atoms with E-state index in [1.54, 1.807) is 11.0 Å². The molecular weight excluding hydrogens is 490 g/mol. The van der Waals surface area contributed by atoms with Gasteiger partial charge >= 0.3 is 6.09 Å². The molecule has 1 aromatic carbocycles. The molecule has 2 aliphatic heterocycles. The maximum Gasteiger partial charge on any atom is 0.411 e. The van der Waals surface area contributed by atoms with Crippen LogP contribution in [-0.4, -0.2) is 66.6 Å². The summed E-state index contributed by atoms with van der Waals surface area (Å²) >= 11 is 0. The molecule has 0 spiro atoms. The van der Waals surface area contributed by atoms with Crippen LogP contribution in [-0.2, 0) is 20.9 Å². The van der Waals surface area contributed by atoms with E-state index in [0.29, 0.717) is 32.9 Å². The summed E-state index contributed by atoms with van der Waals surface area (Å²) in [7, 11) is 0. The fourth-order valence-electron chi connectivity index (χ4n) is 3.71. The van der Waals surface area contributed by atoms with Crippen LogP contribution in [0.2, 0.25) is 0 Å². The zero-order valence-corrected chi connectivity index (χ0v) is 20.4. The molecule has 2 saturated heterocycles. The molecule has 37 heavy (non-hydrogen) atoms. The number of nitrogens with zero attached hydrogens (tertiary/aromatic N) is 4. The largest absolute Gasteiger partial charge is 0.465 e. The third-order valence-corrected chi connectivity index (χ3v) is 5.75. The second-order valence-electron chi connectivity index (χ2n) is 9.14. The van der Waals surface area contributed by atoms with E-state index in [0.717, 1.165) is 5.71 Å². The molecule has 0 bridgehead atoms. The summed E-state index contributed by atoms with van der Waals surface area (Å²) in [4.78, 5) is 25.7. The Bertz CT molecular complexity index is 1200. The average molecular weight is 519 g/mol. The van der Waals surface area contributed by atoms with Crippen LogP contribution in [0.4, 0.5) is 19.4 Å². The lowest BCUT2D eigenvalue weighted by Gasteiger charge is -2.35. The van der Waals surface area contributed by atoms with Crippen molar-refractivity contribution in [1.29, 1.82) is 0 Å². The number of amides is 1. The molecule has 0 unspecified atom stereocenters. The van der Waals surface area contributed by atoms with Crippen LogP contribution in [0.5, 0.6) is 0 Å². The summed E-state index contributed by atoms with van der Waals surface area (Å²) < 4.78 is 41.1. The standard InChI is InChI=1S/C24H28F2N6O5/c1-24(2)35-11-14(12-36-24)13-37-31-17-9-32(10-17)21-19(25)6-16(8-28-21)18-5-3-4-15(20(18)26)7-29-22(27)30-23(33)34/h3-6,8,14H,7,9-13H2,1-2H3,(H,33,34)(H3,27,29,30). The Hall–Kier alpha value is -3.84. The lowest BCUT2D eigenvalue weighted by Crippen LogP contribution is -2.48. The van der Waals surface area contributed by atoms with Gasteiger partial charge < -0.3 is 30.1 Å². The first-order valence-electron chi connectivity index (χ1n) is 11.5. The minimum absolute atomic E-state index is 0.0877. The molecule has 2 aromatic rings. The van der Waals surface area contributed by atoms with E-state index >= 15 is 4.39 Å². The highest BCUT2D eigenvalue weighted by atomic mass is 19.1. The average Bonchev–Trinajstić information content (AvgIpc) is 2.81. The third-order valence-electron chi connectivity index (χ3n) is 5.75. The Labute approximate surface area is 211 Å². The van der Waals surface area contributed by atoms with Crippen molar-refractivity contribution >= 4 is 23.6 Å². The van der Waals surface area contributed by atoms with Crippen molar-refractivity contribution in [3.05, 3.63) is 47.7 Å². The van der Waals surface area contributed by atoms with E-state index in [-0.39, 0.29) is 40.9 Å². The number of carbonyl (C=O) groups is 1. The smallest absolute Gasteiger partial charge is 0.411 e. The van der Waals surface area contributed by atoms with Crippen molar-refractivity contribution in [1.82, 2.24) is 10.3 Å². The van der Waals surface area contributed by atoms with Gasteiger partial charge in [-0.05, 0) is 19.9 Å². The number of nitrogens with two attached hydrogens (primary N) is 1. The molecule has 3 heterocycles. The molecule has 11 nitrogen and oxygen atoms in total. The van der Waals surface area contributed by atoms with Crippen molar-refractivity contribution in [3.8, 4) is 11.1 Å². The van der Waals surface area contributed by atoms with E-state index in [1.165, 1.54) is 24.4 Å². The summed E-state index contributed by atoms with van der Waals surface area (Å²) in [5.41, 5.74) is 6.72. The maximum atomic E-state index is 15.0. The predicted octanol–water partition coefficient (Wildman–Crippen LogP) is 2.70. The Balaban J connectivity index is 1.34. The summed E-state index contributed by atoms with van der Waals surface area (Å²) in [5, 5.41) is 14.6. The molecule has 1 aromatic heterocycles. The molecule has 2 fully saturated rings. The lowest BCUT2D eigenvalue weighted by atomic mass is 10.0. The van der Waals surface area contributed by atoms with Gasteiger partial charge in [0, 0.05) is 28.8 Å². The van der Waals surface area contributed by atoms with Gasteiger partial charge in [-0.15, -0.1) is 0 Å². The van der Waals surface area contributed by atoms with Gasteiger partial charge in [0.25, 0.3) is 0 Å². The number of aromatic nitrogens is 1. The first kappa shape index (κ1) is 26.2. The minimum atomic E-state index is -1.38. The van der Waals surface area contributed by atoms with Gasteiger partial charge in [-0.2, -0.15) is 0 Å². The van der Waals surface area contributed by atoms with Crippen LogP contribution in [0.1, 0.15) is 19.4 Å². The highest BCUT2D eigenvalue weighted by Crippen LogP contribution is 2.29. The summed E-state index contributed by atoms with van der Waals surface area (Å²) in [5.74, 6) is -1.96. The first-order valence-corrected chi connectivity index (χ1v) is 11.5. The van der Waals surface area contributed by atoms with Crippen LogP contribution in [0.15, 0.2) is 40.6 Å². The lowest BCUT2D eigenvalue weighted by molar-refractivity contribution is -0.266. The molecule has 4 rings (SSSR count). The van der Waals surface area contributed by atoms with Crippen molar-refractivity contribution in [2.75, 3.05) is 37.8 Å². The van der Waals surface area contributed by atoms with Crippen LogP contribution in [0.3, 0.4) is 0 Å². The number of nitrogens with one attached hydrogen (secondary N) is 1. The molecule has 13 heteroatoms. The van der Waals surface area contributed by atoms with Gasteiger partial charge in [-0.1, -0.05) is 23.4 Å². The fourth-order valence-corrected chi connectivity index (χ4v) is 3.71. The first-order chi connectivity index (χ1) is 17.6. The van der Waals surface area contributed by atoms with E-state index in [2.05, 4.69) is 15.1 Å². The predicted molar refractivity (Wildman–Crippen MR) is 131 cm³/mol. The summed E-state index contributed by atoms with van der Waals surface area (Å²) in [6, 6.07) is 5.77. The van der Waals surface area contributed by atoms with Crippen molar-refractivity contribution in [3.63, 3.8) is 0 Å². The van der Waals surface area contributed by atoms with Gasteiger partial charge in [0.1, 0.15) is 12.4 Å². The summed E-state index contributed by atoms with van der Waals surface area (Å²) in [6.45, 7) is 5.66. The Morgan fingerprint density at radius 3 is 2.73 bits per heavy atom. The molecule has 1 amide bonds. The Kier molecular flexibility index (Phi) is 7.83. The molecule has 0 atom stereocenters. The molecule has 4 N–H and O–H groups in total. The molecule has 0 saturated carbocycles. The zero-order chi connectivity index (χ0) is 26.6. The number of halogens is 2. The van der Waals surface area contributed by atoms with E-state index in [4.69, 9.17) is 25.2 Å². The number of aliphatic imine (C=N–C) groups is 1. The van der Waals surface area contributed by atoms with Gasteiger partial charge in [-0.25, -0.2) is 23.6 Å². The second-order valence-corrected chi connectivity index (χ2v) is 9.14. The van der Waals surface area contributed by atoms with Crippen molar-refractivity contribution in [2.45, 2.75) is 26.2 Å². The monoisotopic (exact) mass is 518 g/mol. The number of oxime groups is 1. The highest BCUT2D eigenvalue weighted by molar-refractivity contribution is 5.99. The van der Waals surface area contributed by atoms with Crippen LogP contribution in [0.25, 0.3) is 11.1 Å². The van der Waals surface area contributed by atoms with Crippen LogP contribution >= 0.6 is 0 Å². The zero-order valence-electron chi connectivity index (χ0n) is 20.4. The highest BCUT2D eigenvalue weighted by Gasteiger charge is 2.30. The summed E-state index contributed by atoms with van der Waals surface area (Å²) in [6.07, 6.45) is 0.0135. The third kappa shape index (κ3) is 6.68. The SMILES string of the molecule is CC1(C)OCC(CON=C2CN(c3ncc(-c4cccc(CN=C(N)NC(=O)O)c4F)cc3F)C2)CO1.